The van der Waals surface area contributed by atoms with Crippen molar-refractivity contribution < 1.29 is 9.53 Å². The van der Waals surface area contributed by atoms with Crippen LogP contribution in [0.2, 0.25) is 0 Å². The highest BCUT2D eigenvalue weighted by molar-refractivity contribution is 5.94. The van der Waals surface area contributed by atoms with Crippen molar-refractivity contribution >= 4 is 5.91 Å². The largest absolute Gasteiger partial charge is 0.380 e. The van der Waals surface area contributed by atoms with Crippen molar-refractivity contribution in [1.82, 2.24) is 10.2 Å². The van der Waals surface area contributed by atoms with Gasteiger partial charge in [0.1, 0.15) is 0 Å². The molecule has 1 aliphatic heterocycles. The zero-order valence-corrected chi connectivity index (χ0v) is 11.8. The number of methoxy groups -OCH3 is 1. The second kappa shape index (κ2) is 6.17. The van der Waals surface area contributed by atoms with E-state index in [1.165, 1.54) is 0 Å². The van der Waals surface area contributed by atoms with Crippen LogP contribution in [0, 0.1) is 0 Å². The number of carbonyl (C=O) groups is 1. The van der Waals surface area contributed by atoms with E-state index in [1.54, 1.807) is 7.11 Å². The van der Waals surface area contributed by atoms with Crippen LogP contribution in [0.25, 0.3) is 0 Å². The first-order chi connectivity index (χ1) is 9.10. The van der Waals surface area contributed by atoms with Crippen molar-refractivity contribution in [2.45, 2.75) is 32.5 Å². The normalized spacial score (nSPS) is 23.4. The van der Waals surface area contributed by atoms with Gasteiger partial charge in [-0.2, -0.15) is 0 Å². The summed E-state index contributed by atoms with van der Waals surface area (Å²) in [6.07, 6.45) is 0. The van der Waals surface area contributed by atoms with Crippen LogP contribution in [0.1, 0.15) is 29.8 Å². The molecule has 2 rings (SSSR count). The molecule has 0 radical (unpaired) electrons. The highest BCUT2D eigenvalue weighted by Gasteiger charge is 2.25. The van der Waals surface area contributed by atoms with Crippen molar-refractivity contribution in [3.05, 3.63) is 35.4 Å². The molecule has 1 fully saturated rings. The number of hydrogen-bond acceptors (Lipinski definition) is 3. The first-order valence-corrected chi connectivity index (χ1v) is 6.73. The molecule has 0 spiro atoms. The summed E-state index contributed by atoms with van der Waals surface area (Å²) in [4.78, 5) is 14.4. The van der Waals surface area contributed by atoms with Crippen LogP contribution in [-0.4, -0.2) is 43.1 Å². The number of hydrogen-bond donors (Lipinski definition) is 1. The molecule has 0 saturated carbocycles. The Hall–Kier alpha value is -1.39. The lowest BCUT2D eigenvalue weighted by atomic mass is 10.1. The predicted octanol–water partition coefficient (Wildman–Crippen LogP) is 1.66. The summed E-state index contributed by atoms with van der Waals surface area (Å²) < 4.78 is 5.11. The Labute approximate surface area is 114 Å². The molecule has 1 N–H and O–H groups in total. The average molecular weight is 262 g/mol. The van der Waals surface area contributed by atoms with E-state index >= 15 is 0 Å². The molecule has 1 aromatic carbocycles. The second-order valence-corrected chi connectivity index (χ2v) is 5.31. The first-order valence-electron chi connectivity index (χ1n) is 6.73. The van der Waals surface area contributed by atoms with E-state index in [2.05, 4.69) is 19.2 Å². The van der Waals surface area contributed by atoms with Crippen molar-refractivity contribution in [3.8, 4) is 0 Å². The van der Waals surface area contributed by atoms with Gasteiger partial charge in [0, 0.05) is 37.8 Å². The summed E-state index contributed by atoms with van der Waals surface area (Å²) in [6.45, 7) is 6.28. The van der Waals surface area contributed by atoms with Crippen LogP contribution in [0.15, 0.2) is 24.3 Å². The molecule has 0 aromatic heterocycles. The summed E-state index contributed by atoms with van der Waals surface area (Å²) in [6, 6.07) is 8.37. The van der Waals surface area contributed by atoms with Gasteiger partial charge in [-0.1, -0.05) is 12.1 Å². The molecular weight excluding hydrogens is 240 g/mol. The SMILES string of the molecule is COCc1cccc(C(=O)N2CC(C)NC(C)C2)c1. The second-order valence-electron chi connectivity index (χ2n) is 5.31. The van der Waals surface area contributed by atoms with Gasteiger partial charge < -0.3 is 15.0 Å². The number of piperazine rings is 1. The number of ether oxygens (including phenoxy) is 1. The molecule has 2 atom stereocenters. The lowest BCUT2D eigenvalue weighted by Gasteiger charge is -2.36. The monoisotopic (exact) mass is 262 g/mol. The number of nitrogens with one attached hydrogen (secondary N) is 1. The zero-order valence-electron chi connectivity index (χ0n) is 11.8. The topological polar surface area (TPSA) is 41.6 Å². The lowest BCUT2D eigenvalue weighted by Crippen LogP contribution is -2.55. The van der Waals surface area contributed by atoms with Gasteiger partial charge in [0.15, 0.2) is 0 Å². The van der Waals surface area contributed by atoms with E-state index in [9.17, 15) is 4.79 Å². The lowest BCUT2D eigenvalue weighted by molar-refractivity contribution is 0.0673. The van der Waals surface area contributed by atoms with Crippen LogP contribution >= 0.6 is 0 Å². The molecule has 0 bridgehead atoms. The molecule has 1 heterocycles. The Morgan fingerprint density at radius 1 is 1.37 bits per heavy atom. The van der Waals surface area contributed by atoms with Gasteiger partial charge in [-0.05, 0) is 31.5 Å². The number of rotatable bonds is 3. The van der Waals surface area contributed by atoms with Crippen molar-refractivity contribution in [3.63, 3.8) is 0 Å². The fourth-order valence-electron chi connectivity index (χ4n) is 2.64. The van der Waals surface area contributed by atoms with Gasteiger partial charge in [-0.3, -0.25) is 4.79 Å². The molecule has 1 aliphatic rings. The Balaban J connectivity index is 2.12. The quantitative estimate of drug-likeness (QED) is 0.900. The van der Waals surface area contributed by atoms with Gasteiger partial charge >= 0.3 is 0 Å². The van der Waals surface area contributed by atoms with E-state index < -0.39 is 0 Å². The molecule has 1 saturated heterocycles. The summed E-state index contributed by atoms with van der Waals surface area (Å²) in [5.41, 5.74) is 1.78. The van der Waals surface area contributed by atoms with Crippen LogP contribution in [0.5, 0.6) is 0 Å². The fraction of sp³-hybridized carbons (Fsp3) is 0.533. The van der Waals surface area contributed by atoms with E-state index in [0.29, 0.717) is 18.7 Å². The van der Waals surface area contributed by atoms with Crippen LogP contribution in [-0.2, 0) is 11.3 Å². The first kappa shape index (κ1) is 14.0. The third-order valence-corrected chi connectivity index (χ3v) is 3.33. The summed E-state index contributed by atoms with van der Waals surface area (Å²) in [5.74, 6) is 0.109. The molecule has 104 valence electrons. The van der Waals surface area contributed by atoms with E-state index in [-0.39, 0.29) is 5.91 Å². The molecule has 19 heavy (non-hydrogen) atoms. The average Bonchev–Trinajstić information content (AvgIpc) is 2.37. The van der Waals surface area contributed by atoms with E-state index in [1.807, 2.05) is 29.2 Å². The highest BCUT2D eigenvalue weighted by Crippen LogP contribution is 2.12. The molecule has 1 amide bonds. The Kier molecular flexibility index (Phi) is 4.56. The molecule has 4 nitrogen and oxygen atoms in total. The van der Waals surface area contributed by atoms with Gasteiger partial charge in [-0.25, -0.2) is 0 Å². The minimum atomic E-state index is 0.109. The summed E-state index contributed by atoms with van der Waals surface area (Å²) in [7, 11) is 1.66. The molecular formula is C15H22N2O2. The number of amides is 1. The predicted molar refractivity (Wildman–Crippen MR) is 75.1 cm³/mol. The molecule has 2 unspecified atom stereocenters. The minimum Gasteiger partial charge on any atom is -0.380 e. The van der Waals surface area contributed by atoms with Gasteiger partial charge in [-0.15, -0.1) is 0 Å². The maximum absolute atomic E-state index is 12.5. The third kappa shape index (κ3) is 3.55. The smallest absolute Gasteiger partial charge is 0.253 e. The van der Waals surface area contributed by atoms with Crippen molar-refractivity contribution in [2.24, 2.45) is 0 Å². The maximum atomic E-state index is 12.5. The highest BCUT2D eigenvalue weighted by atomic mass is 16.5. The van der Waals surface area contributed by atoms with Crippen LogP contribution in [0.3, 0.4) is 0 Å². The fourth-order valence-corrected chi connectivity index (χ4v) is 2.64. The maximum Gasteiger partial charge on any atom is 0.253 e. The number of carbonyl (C=O) groups excluding carboxylic acids is 1. The van der Waals surface area contributed by atoms with Crippen LogP contribution < -0.4 is 5.32 Å². The van der Waals surface area contributed by atoms with Gasteiger partial charge in [0.2, 0.25) is 0 Å². The number of nitrogens with zero attached hydrogens (tertiary/aromatic N) is 1. The molecule has 4 heteroatoms. The number of benzene rings is 1. The Morgan fingerprint density at radius 2 is 2.05 bits per heavy atom. The summed E-state index contributed by atoms with van der Waals surface area (Å²) in [5, 5.41) is 3.43. The molecule has 1 aromatic rings. The van der Waals surface area contributed by atoms with E-state index in [0.717, 1.165) is 24.2 Å². The minimum absolute atomic E-state index is 0.109. The Morgan fingerprint density at radius 3 is 2.68 bits per heavy atom. The van der Waals surface area contributed by atoms with Gasteiger partial charge in [0.25, 0.3) is 5.91 Å². The summed E-state index contributed by atoms with van der Waals surface area (Å²) >= 11 is 0. The van der Waals surface area contributed by atoms with Crippen molar-refractivity contribution in [2.75, 3.05) is 20.2 Å². The zero-order chi connectivity index (χ0) is 13.8. The van der Waals surface area contributed by atoms with Crippen molar-refractivity contribution in [1.29, 1.82) is 0 Å². The third-order valence-electron chi connectivity index (χ3n) is 3.33. The standard InChI is InChI=1S/C15H22N2O2/c1-11-8-17(9-12(2)16-11)15(18)14-6-4-5-13(7-14)10-19-3/h4-7,11-12,16H,8-10H2,1-3H3. The van der Waals surface area contributed by atoms with Gasteiger partial charge in [0.05, 0.1) is 6.61 Å². The van der Waals surface area contributed by atoms with Crippen LogP contribution in [0.4, 0.5) is 0 Å². The Bertz CT molecular complexity index is 438. The van der Waals surface area contributed by atoms with E-state index in [4.69, 9.17) is 4.74 Å². The molecule has 0 aliphatic carbocycles.